The number of thioether (sulfide) groups is 1. The fraction of sp³-hybridized carbons (Fsp3) is 0.143. The zero-order chi connectivity index (χ0) is 14.1. The number of nitrogens with one attached hydrogen (secondary N) is 1. The van der Waals surface area contributed by atoms with E-state index in [1.54, 1.807) is 6.07 Å². The maximum Gasteiger partial charge on any atom is 0.371 e. The number of hydrogen-bond acceptors (Lipinski definition) is 4. The number of imidazole rings is 1. The Morgan fingerprint density at radius 1 is 1.40 bits per heavy atom. The molecule has 0 spiro atoms. The summed E-state index contributed by atoms with van der Waals surface area (Å²) in [6.07, 6.45) is 0. The molecule has 0 atom stereocenters. The molecule has 2 heterocycles. The maximum atomic E-state index is 10.7. The third kappa shape index (κ3) is 2.55. The van der Waals surface area contributed by atoms with Gasteiger partial charge in [0.25, 0.3) is 0 Å². The van der Waals surface area contributed by atoms with Gasteiger partial charge in [-0.3, -0.25) is 0 Å². The molecule has 0 unspecified atom stereocenters. The summed E-state index contributed by atoms with van der Waals surface area (Å²) < 4.78 is 5.20. The van der Waals surface area contributed by atoms with Crippen molar-refractivity contribution in [2.24, 2.45) is 0 Å². The van der Waals surface area contributed by atoms with Gasteiger partial charge in [-0.1, -0.05) is 17.8 Å². The van der Waals surface area contributed by atoms with Crippen molar-refractivity contribution < 1.29 is 14.3 Å². The minimum absolute atomic E-state index is 0.0409. The third-order valence-corrected chi connectivity index (χ3v) is 3.73. The minimum Gasteiger partial charge on any atom is -0.475 e. The monoisotopic (exact) mass is 288 g/mol. The largest absolute Gasteiger partial charge is 0.475 e. The number of aromatic carboxylic acids is 1. The molecule has 6 heteroatoms. The van der Waals surface area contributed by atoms with E-state index in [1.807, 2.05) is 25.1 Å². The van der Waals surface area contributed by atoms with Gasteiger partial charge < -0.3 is 14.5 Å². The molecule has 2 aromatic heterocycles. The number of H-pyrrole nitrogens is 1. The Labute approximate surface area is 119 Å². The number of aryl methyl sites for hydroxylation is 1. The van der Waals surface area contributed by atoms with E-state index in [9.17, 15) is 4.79 Å². The average molecular weight is 288 g/mol. The molecule has 20 heavy (non-hydrogen) atoms. The molecule has 0 aliphatic carbocycles. The van der Waals surface area contributed by atoms with E-state index in [0.29, 0.717) is 11.5 Å². The number of carboxylic acids is 1. The van der Waals surface area contributed by atoms with Crippen molar-refractivity contribution in [1.29, 1.82) is 0 Å². The highest BCUT2D eigenvalue weighted by Gasteiger charge is 2.10. The number of aromatic nitrogens is 2. The zero-order valence-electron chi connectivity index (χ0n) is 10.7. The van der Waals surface area contributed by atoms with Gasteiger partial charge in [-0.25, -0.2) is 9.78 Å². The number of benzene rings is 1. The Bertz CT molecular complexity index is 776. The predicted octanol–water partition coefficient (Wildman–Crippen LogP) is 3.45. The van der Waals surface area contributed by atoms with Crippen LogP contribution in [0.3, 0.4) is 0 Å². The van der Waals surface area contributed by atoms with Crippen molar-refractivity contribution in [3.05, 3.63) is 47.4 Å². The predicted molar refractivity (Wildman–Crippen MR) is 76.1 cm³/mol. The van der Waals surface area contributed by atoms with Crippen LogP contribution in [0.15, 0.2) is 39.9 Å². The smallest absolute Gasteiger partial charge is 0.371 e. The summed E-state index contributed by atoms with van der Waals surface area (Å²) in [4.78, 5) is 18.4. The van der Waals surface area contributed by atoms with Gasteiger partial charge in [-0.15, -0.1) is 0 Å². The summed E-state index contributed by atoms with van der Waals surface area (Å²) >= 11 is 1.48. The van der Waals surface area contributed by atoms with Gasteiger partial charge in [-0.05, 0) is 36.8 Å². The lowest BCUT2D eigenvalue weighted by molar-refractivity contribution is 0.0661. The van der Waals surface area contributed by atoms with Crippen LogP contribution in [0.25, 0.3) is 11.0 Å². The Hall–Kier alpha value is -2.21. The van der Waals surface area contributed by atoms with E-state index in [4.69, 9.17) is 9.52 Å². The molecular weight excluding hydrogens is 276 g/mol. The fourth-order valence-electron chi connectivity index (χ4n) is 1.88. The molecule has 2 N–H and O–H groups in total. The SMILES string of the molecule is Cc1ccc2nc(SCc3ccc(C(=O)O)o3)[nH]c2c1. The molecule has 0 fully saturated rings. The van der Waals surface area contributed by atoms with Crippen LogP contribution in [-0.2, 0) is 5.75 Å². The average Bonchev–Trinajstić information content (AvgIpc) is 3.01. The topological polar surface area (TPSA) is 79.1 Å². The molecule has 1 aromatic carbocycles. The number of nitrogens with zero attached hydrogens (tertiary/aromatic N) is 1. The normalized spacial score (nSPS) is 11.1. The fourth-order valence-corrected chi connectivity index (χ4v) is 2.66. The van der Waals surface area contributed by atoms with E-state index >= 15 is 0 Å². The lowest BCUT2D eigenvalue weighted by atomic mass is 10.2. The second-order valence-corrected chi connectivity index (χ2v) is 5.39. The summed E-state index contributed by atoms with van der Waals surface area (Å²) in [7, 11) is 0. The van der Waals surface area contributed by atoms with E-state index < -0.39 is 5.97 Å². The molecular formula is C14H12N2O3S. The van der Waals surface area contributed by atoms with Crippen molar-refractivity contribution in [2.45, 2.75) is 17.8 Å². The summed E-state index contributed by atoms with van der Waals surface area (Å²) in [6, 6.07) is 9.16. The quantitative estimate of drug-likeness (QED) is 0.719. The third-order valence-electron chi connectivity index (χ3n) is 2.84. The number of fused-ring (bicyclic) bond motifs is 1. The van der Waals surface area contributed by atoms with Crippen molar-refractivity contribution in [3.8, 4) is 0 Å². The zero-order valence-corrected chi connectivity index (χ0v) is 11.5. The van der Waals surface area contributed by atoms with Crippen LogP contribution < -0.4 is 0 Å². The van der Waals surface area contributed by atoms with Crippen LogP contribution in [-0.4, -0.2) is 21.0 Å². The van der Waals surface area contributed by atoms with Crippen LogP contribution in [0.4, 0.5) is 0 Å². The van der Waals surface area contributed by atoms with Crippen LogP contribution in [0.5, 0.6) is 0 Å². The molecule has 0 radical (unpaired) electrons. The number of aromatic amines is 1. The van der Waals surface area contributed by atoms with E-state index in [0.717, 1.165) is 16.2 Å². The summed E-state index contributed by atoms with van der Waals surface area (Å²) in [5, 5.41) is 9.58. The van der Waals surface area contributed by atoms with Crippen LogP contribution in [0.1, 0.15) is 21.9 Å². The molecule has 0 aliphatic heterocycles. The van der Waals surface area contributed by atoms with Crippen molar-refractivity contribution in [1.82, 2.24) is 9.97 Å². The molecule has 3 aromatic rings. The van der Waals surface area contributed by atoms with Gasteiger partial charge in [0, 0.05) is 0 Å². The van der Waals surface area contributed by atoms with E-state index in [2.05, 4.69) is 9.97 Å². The Morgan fingerprint density at radius 2 is 2.25 bits per heavy atom. The van der Waals surface area contributed by atoms with Crippen molar-refractivity contribution in [2.75, 3.05) is 0 Å². The molecule has 3 rings (SSSR count). The maximum absolute atomic E-state index is 10.7. The summed E-state index contributed by atoms with van der Waals surface area (Å²) in [5.41, 5.74) is 3.09. The van der Waals surface area contributed by atoms with E-state index in [1.165, 1.54) is 23.4 Å². The first-order chi connectivity index (χ1) is 9.61. The number of carboxylic acid groups (broad SMARTS) is 1. The first kappa shape index (κ1) is 12.8. The van der Waals surface area contributed by atoms with Crippen molar-refractivity contribution in [3.63, 3.8) is 0 Å². The molecule has 0 saturated carbocycles. The number of carbonyl (C=O) groups is 1. The Morgan fingerprint density at radius 3 is 3.00 bits per heavy atom. The number of furan rings is 1. The Balaban J connectivity index is 1.74. The summed E-state index contributed by atoms with van der Waals surface area (Å²) in [6.45, 7) is 2.03. The highest BCUT2D eigenvalue weighted by atomic mass is 32.2. The Kier molecular flexibility index (Phi) is 3.23. The highest BCUT2D eigenvalue weighted by Crippen LogP contribution is 2.24. The lowest BCUT2D eigenvalue weighted by Crippen LogP contribution is -1.91. The lowest BCUT2D eigenvalue weighted by Gasteiger charge is -1.93. The molecule has 0 amide bonds. The number of hydrogen-bond donors (Lipinski definition) is 2. The van der Waals surface area contributed by atoms with Crippen LogP contribution in [0, 0.1) is 6.92 Å². The van der Waals surface area contributed by atoms with Gasteiger partial charge >= 0.3 is 5.97 Å². The van der Waals surface area contributed by atoms with Crippen molar-refractivity contribution >= 4 is 28.8 Å². The first-order valence-corrected chi connectivity index (χ1v) is 7.01. The molecule has 0 saturated heterocycles. The van der Waals surface area contributed by atoms with Crippen LogP contribution in [0.2, 0.25) is 0 Å². The summed E-state index contributed by atoms with van der Waals surface area (Å²) in [5.74, 6) is 0.0526. The molecule has 5 nitrogen and oxygen atoms in total. The van der Waals surface area contributed by atoms with Gasteiger partial charge in [0.15, 0.2) is 5.16 Å². The van der Waals surface area contributed by atoms with Gasteiger partial charge in [0.1, 0.15) is 5.76 Å². The highest BCUT2D eigenvalue weighted by molar-refractivity contribution is 7.98. The van der Waals surface area contributed by atoms with E-state index in [-0.39, 0.29) is 5.76 Å². The molecule has 0 aliphatic rings. The van der Waals surface area contributed by atoms with Gasteiger partial charge in [0.05, 0.1) is 16.8 Å². The standard InChI is InChI=1S/C14H12N2O3S/c1-8-2-4-10-11(6-8)16-14(15-10)20-7-9-3-5-12(19-9)13(17)18/h2-6H,7H2,1H3,(H,15,16)(H,17,18). The minimum atomic E-state index is -1.06. The first-order valence-electron chi connectivity index (χ1n) is 6.03. The van der Waals surface area contributed by atoms with Gasteiger partial charge in [-0.2, -0.15) is 0 Å². The molecule has 0 bridgehead atoms. The van der Waals surface area contributed by atoms with Crippen LogP contribution >= 0.6 is 11.8 Å². The molecule has 102 valence electrons. The second kappa shape index (κ2) is 5.05. The number of rotatable bonds is 4. The van der Waals surface area contributed by atoms with Gasteiger partial charge in [0.2, 0.25) is 5.76 Å². The second-order valence-electron chi connectivity index (χ2n) is 4.42.